The third kappa shape index (κ3) is 2.43. The van der Waals surface area contributed by atoms with Gasteiger partial charge in [0, 0.05) is 28.8 Å². The number of carboxylic acids is 1. The second-order valence-electron chi connectivity index (χ2n) is 5.20. The van der Waals surface area contributed by atoms with Crippen molar-refractivity contribution >= 4 is 28.7 Å². The number of aromatic carboxylic acids is 1. The number of hydrogen-bond donors (Lipinski definition) is 2. The van der Waals surface area contributed by atoms with Gasteiger partial charge in [-0.15, -0.1) is 0 Å². The van der Waals surface area contributed by atoms with Gasteiger partial charge >= 0.3 is 5.97 Å². The fourth-order valence-corrected chi connectivity index (χ4v) is 3.21. The Labute approximate surface area is 121 Å². The third-order valence-electron chi connectivity index (χ3n) is 3.88. The molecule has 0 unspecified atom stereocenters. The van der Waals surface area contributed by atoms with Crippen molar-refractivity contribution in [2.24, 2.45) is 0 Å². The van der Waals surface area contributed by atoms with Gasteiger partial charge in [-0.3, -0.25) is 0 Å². The second-order valence-corrected chi connectivity index (χ2v) is 6.48. The van der Waals surface area contributed by atoms with Crippen molar-refractivity contribution in [3.05, 3.63) is 35.6 Å². The van der Waals surface area contributed by atoms with E-state index in [1.807, 2.05) is 30.0 Å². The number of carbonyl (C=O) groups is 1. The number of para-hydroxylation sites is 1. The largest absolute Gasteiger partial charge is 0.475 e. The number of carboxylic acid groups (broad SMARTS) is 1. The van der Waals surface area contributed by atoms with Crippen LogP contribution in [-0.4, -0.2) is 28.6 Å². The molecule has 1 fully saturated rings. The zero-order chi connectivity index (χ0) is 14.2. The molecule has 0 amide bonds. The molecular formula is C15H17NO3S. The number of thioether (sulfide) groups is 1. The lowest BCUT2D eigenvalue weighted by atomic mass is 10.1. The molecule has 0 atom stereocenters. The van der Waals surface area contributed by atoms with Gasteiger partial charge in [0.05, 0.1) is 0 Å². The lowest BCUT2D eigenvalue weighted by Gasteiger charge is -2.12. The monoisotopic (exact) mass is 291 g/mol. The summed E-state index contributed by atoms with van der Waals surface area (Å²) in [5.41, 5.74) is 1.37. The van der Waals surface area contributed by atoms with E-state index in [9.17, 15) is 9.90 Å². The Hall–Kier alpha value is -1.46. The maximum absolute atomic E-state index is 11.3. The molecular weight excluding hydrogens is 274 g/mol. The average Bonchev–Trinajstić information content (AvgIpc) is 3.13. The van der Waals surface area contributed by atoms with Gasteiger partial charge < -0.3 is 14.8 Å². The van der Waals surface area contributed by atoms with E-state index in [1.54, 1.807) is 6.07 Å². The number of fused-ring (bicyclic) bond motifs is 1. The number of hydrogen-bond acceptors (Lipinski definition) is 4. The van der Waals surface area contributed by atoms with Crippen molar-refractivity contribution in [1.29, 1.82) is 0 Å². The highest BCUT2D eigenvalue weighted by molar-refractivity contribution is 8.00. The predicted octanol–water partition coefficient (Wildman–Crippen LogP) is 3.12. The Morgan fingerprint density at radius 1 is 1.45 bits per heavy atom. The summed E-state index contributed by atoms with van der Waals surface area (Å²) >= 11 is 1.89. The van der Waals surface area contributed by atoms with E-state index in [-0.39, 0.29) is 5.76 Å². The van der Waals surface area contributed by atoms with Gasteiger partial charge in [0.15, 0.2) is 0 Å². The van der Waals surface area contributed by atoms with Crippen LogP contribution in [0.15, 0.2) is 28.7 Å². The molecule has 2 aromatic rings. The Morgan fingerprint density at radius 3 is 2.85 bits per heavy atom. The SMILES string of the molecule is CSC1(CNCc2c(C(=O)O)oc3ccccc23)CC1. The van der Waals surface area contributed by atoms with Crippen LogP contribution in [0.5, 0.6) is 0 Å². The predicted molar refractivity (Wildman–Crippen MR) is 80.4 cm³/mol. The minimum absolute atomic E-state index is 0.0488. The molecule has 1 heterocycles. The zero-order valence-corrected chi connectivity index (χ0v) is 12.1. The molecule has 1 saturated carbocycles. The van der Waals surface area contributed by atoms with Crippen LogP contribution in [0.2, 0.25) is 0 Å². The second kappa shape index (κ2) is 5.14. The van der Waals surface area contributed by atoms with Gasteiger partial charge in [0.1, 0.15) is 5.58 Å². The Kier molecular flexibility index (Phi) is 3.48. The summed E-state index contributed by atoms with van der Waals surface area (Å²) in [6.45, 7) is 1.44. The number of nitrogens with one attached hydrogen (secondary N) is 1. The van der Waals surface area contributed by atoms with E-state index >= 15 is 0 Å². The van der Waals surface area contributed by atoms with Gasteiger partial charge in [-0.25, -0.2) is 4.79 Å². The molecule has 1 aliphatic carbocycles. The summed E-state index contributed by atoms with van der Waals surface area (Å²) in [6, 6.07) is 7.46. The summed E-state index contributed by atoms with van der Waals surface area (Å²) in [6.07, 6.45) is 4.60. The van der Waals surface area contributed by atoms with Crippen LogP contribution in [0.4, 0.5) is 0 Å². The first-order chi connectivity index (χ1) is 9.65. The molecule has 0 radical (unpaired) electrons. The first-order valence-electron chi connectivity index (χ1n) is 6.65. The molecule has 5 heteroatoms. The van der Waals surface area contributed by atoms with Crippen LogP contribution in [0, 0.1) is 0 Å². The minimum atomic E-state index is -1.01. The molecule has 0 saturated heterocycles. The Balaban J connectivity index is 1.82. The van der Waals surface area contributed by atoms with E-state index in [2.05, 4.69) is 11.6 Å². The zero-order valence-electron chi connectivity index (χ0n) is 11.3. The maximum atomic E-state index is 11.3. The molecule has 1 aromatic carbocycles. The highest BCUT2D eigenvalue weighted by atomic mass is 32.2. The topological polar surface area (TPSA) is 62.5 Å². The van der Waals surface area contributed by atoms with E-state index in [1.165, 1.54) is 12.8 Å². The lowest BCUT2D eigenvalue weighted by Crippen LogP contribution is -2.26. The summed E-state index contributed by atoms with van der Waals surface area (Å²) in [7, 11) is 0. The quantitative estimate of drug-likeness (QED) is 0.856. The highest BCUT2D eigenvalue weighted by Crippen LogP contribution is 2.46. The lowest BCUT2D eigenvalue weighted by molar-refractivity contribution is 0.0663. The molecule has 106 valence electrons. The molecule has 1 aromatic heterocycles. The van der Waals surface area contributed by atoms with E-state index in [0.717, 1.165) is 17.5 Å². The van der Waals surface area contributed by atoms with Crippen LogP contribution in [0.1, 0.15) is 29.0 Å². The molecule has 0 bridgehead atoms. The molecule has 3 rings (SSSR count). The van der Waals surface area contributed by atoms with E-state index < -0.39 is 5.97 Å². The summed E-state index contributed by atoms with van der Waals surface area (Å²) in [5, 5.41) is 13.5. The van der Waals surface area contributed by atoms with Crippen molar-refractivity contribution in [3.63, 3.8) is 0 Å². The number of benzene rings is 1. The first kappa shape index (κ1) is 13.5. The molecule has 4 nitrogen and oxygen atoms in total. The molecule has 20 heavy (non-hydrogen) atoms. The molecule has 2 N–H and O–H groups in total. The van der Waals surface area contributed by atoms with Crippen molar-refractivity contribution < 1.29 is 14.3 Å². The average molecular weight is 291 g/mol. The minimum Gasteiger partial charge on any atom is -0.475 e. The standard InChI is InChI=1S/C15H17NO3S/c1-20-15(6-7-15)9-16-8-11-10-4-2-3-5-12(10)19-13(11)14(17)18/h2-5,16H,6-9H2,1H3,(H,17,18). The Morgan fingerprint density at radius 2 is 2.20 bits per heavy atom. The van der Waals surface area contributed by atoms with Crippen molar-refractivity contribution in [2.75, 3.05) is 12.8 Å². The number of rotatable bonds is 6. The first-order valence-corrected chi connectivity index (χ1v) is 7.87. The molecule has 0 spiro atoms. The van der Waals surface area contributed by atoms with Gasteiger partial charge in [0.2, 0.25) is 5.76 Å². The normalized spacial score (nSPS) is 16.4. The van der Waals surface area contributed by atoms with Gasteiger partial charge in [-0.1, -0.05) is 18.2 Å². The summed E-state index contributed by atoms with van der Waals surface area (Å²) < 4.78 is 5.80. The van der Waals surface area contributed by atoms with E-state index in [4.69, 9.17) is 4.42 Å². The Bertz CT molecular complexity index is 646. The fraction of sp³-hybridized carbons (Fsp3) is 0.400. The van der Waals surface area contributed by atoms with Crippen LogP contribution >= 0.6 is 11.8 Å². The molecule has 1 aliphatic rings. The van der Waals surface area contributed by atoms with E-state index in [0.29, 0.717) is 16.9 Å². The molecule has 0 aliphatic heterocycles. The van der Waals surface area contributed by atoms with Crippen LogP contribution < -0.4 is 5.32 Å². The van der Waals surface area contributed by atoms with Crippen LogP contribution in [0.3, 0.4) is 0 Å². The summed E-state index contributed by atoms with van der Waals surface area (Å²) in [4.78, 5) is 11.3. The van der Waals surface area contributed by atoms with Crippen molar-refractivity contribution in [2.45, 2.75) is 24.1 Å². The smallest absolute Gasteiger partial charge is 0.372 e. The van der Waals surface area contributed by atoms with Crippen LogP contribution in [0.25, 0.3) is 11.0 Å². The highest BCUT2D eigenvalue weighted by Gasteiger charge is 2.41. The number of furan rings is 1. The maximum Gasteiger partial charge on any atom is 0.372 e. The fourth-order valence-electron chi connectivity index (χ4n) is 2.45. The van der Waals surface area contributed by atoms with Gasteiger partial charge in [-0.05, 0) is 25.2 Å². The van der Waals surface area contributed by atoms with Crippen molar-refractivity contribution in [1.82, 2.24) is 5.32 Å². The summed E-state index contributed by atoms with van der Waals surface area (Å²) in [5.74, 6) is -0.961. The van der Waals surface area contributed by atoms with Crippen molar-refractivity contribution in [3.8, 4) is 0 Å². The van der Waals surface area contributed by atoms with Gasteiger partial charge in [-0.2, -0.15) is 11.8 Å². The van der Waals surface area contributed by atoms with Crippen LogP contribution in [-0.2, 0) is 6.54 Å². The third-order valence-corrected chi connectivity index (χ3v) is 5.30. The van der Waals surface area contributed by atoms with Gasteiger partial charge in [0.25, 0.3) is 0 Å².